The van der Waals surface area contributed by atoms with E-state index >= 15 is 0 Å². The minimum Gasteiger partial charge on any atom is -0.331 e. The maximum Gasteiger partial charge on any atom is 0.417 e. The number of fused-ring (bicyclic) bond motifs is 1. The zero-order valence-corrected chi connectivity index (χ0v) is 24.8. The molecule has 1 aromatic heterocycles. The van der Waals surface area contributed by atoms with E-state index < -0.39 is 23.2 Å². The first-order chi connectivity index (χ1) is 20.1. The van der Waals surface area contributed by atoms with Crippen molar-refractivity contribution < 1.29 is 18.0 Å². The average Bonchev–Trinajstić information content (AvgIpc) is 3.29. The highest BCUT2D eigenvalue weighted by atomic mass is 35.5. The second kappa shape index (κ2) is 12.9. The first-order valence-electron chi connectivity index (χ1n) is 14.5. The molecule has 0 saturated carbocycles. The fourth-order valence-electron chi connectivity index (χ4n) is 5.78. The molecule has 0 radical (unpaired) electrons. The van der Waals surface area contributed by atoms with E-state index in [4.69, 9.17) is 16.6 Å². The highest BCUT2D eigenvalue weighted by Gasteiger charge is 2.38. The number of nitrogens with zero attached hydrogens (tertiary/aromatic N) is 4. The topological polar surface area (TPSA) is 41.4 Å². The van der Waals surface area contributed by atoms with Gasteiger partial charge in [-0.25, -0.2) is 4.98 Å². The fraction of sp³-hybridized carbons (Fsp3) is 0.394. The first kappa shape index (κ1) is 30.1. The quantitative estimate of drug-likeness (QED) is 0.196. The number of carbonyl (C=O) groups excluding carboxylic acids is 1. The molecule has 42 heavy (non-hydrogen) atoms. The Hall–Kier alpha value is -3.36. The molecule has 0 N–H and O–H groups in total. The molecular formula is C33H36ClF3N4O. The van der Waals surface area contributed by atoms with Crippen LogP contribution in [0.15, 0.2) is 66.7 Å². The number of carbonyl (C=O) groups is 1. The zero-order valence-electron chi connectivity index (χ0n) is 24.0. The van der Waals surface area contributed by atoms with Gasteiger partial charge in [0.15, 0.2) is 0 Å². The second-order valence-corrected chi connectivity index (χ2v) is 11.9. The molecule has 0 spiro atoms. The maximum atomic E-state index is 13.9. The van der Waals surface area contributed by atoms with Gasteiger partial charge in [0.05, 0.1) is 33.7 Å². The standard InChI is InChI=1S/C33H36ClF3N4O/c1-23(2)19-40(32(42)31-26(33(35,36)37)13-10-14-27(31)34)22-30-38-28-15-6-7-16-29(28)41(30)21-25-12-5-4-11-24(25)20-39-17-8-3-9-18-39/h4-7,10-16,23H,3,8-9,17-22H2,1-2H3. The molecule has 3 aromatic carbocycles. The van der Waals surface area contributed by atoms with Crippen molar-refractivity contribution in [3.8, 4) is 0 Å². The molecule has 4 aromatic rings. The summed E-state index contributed by atoms with van der Waals surface area (Å²) in [6.45, 7) is 7.71. The van der Waals surface area contributed by atoms with Crippen LogP contribution in [-0.4, -0.2) is 44.9 Å². The van der Waals surface area contributed by atoms with Gasteiger partial charge >= 0.3 is 6.18 Å². The molecule has 1 fully saturated rings. The molecule has 222 valence electrons. The van der Waals surface area contributed by atoms with Crippen molar-refractivity contribution in [1.82, 2.24) is 19.4 Å². The smallest absolute Gasteiger partial charge is 0.331 e. The lowest BCUT2D eigenvalue weighted by atomic mass is 10.0. The van der Waals surface area contributed by atoms with Crippen LogP contribution < -0.4 is 0 Å². The van der Waals surface area contributed by atoms with Gasteiger partial charge in [-0.3, -0.25) is 9.69 Å². The van der Waals surface area contributed by atoms with Crippen molar-refractivity contribution in [2.45, 2.75) is 58.9 Å². The number of amides is 1. The van der Waals surface area contributed by atoms with E-state index in [-0.39, 0.29) is 24.0 Å². The Bertz CT molecular complexity index is 1540. The van der Waals surface area contributed by atoms with Crippen LogP contribution >= 0.6 is 11.6 Å². The number of aromatic nitrogens is 2. The van der Waals surface area contributed by atoms with Crippen LogP contribution in [0.3, 0.4) is 0 Å². The first-order valence-corrected chi connectivity index (χ1v) is 14.9. The summed E-state index contributed by atoms with van der Waals surface area (Å²) in [5.41, 5.74) is 2.51. The van der Waals surface area contributed by atoms with Gasteiger partial charge in [-0.15, -0.1) is 0 Å². The molecule has 1 saturated heterocycles. The summed E-state index contributed by atoms with van der Waals surface area (Å²) in [4.78, 5) is 22.6. The highest BCUT2D eigenvalue weighted by Crippen LogP contribution is 2.36. The molecule has 2 heterocycles. The molecule has 1 aliphatic rings. The van der Waals surface area contributed by atoms with Crippen LogP contribution in [0.1, 0.15) is 66.0 Å². The number of halogens is 4. The van der Waals surface area contributed by atoms with E-state index in [2.05, 4.69) is 27.7 Å². The van der Waals surface area contributed by atoms with E-state index in [1.807, 2.05) is 44.2 Å². The van der Waals surface area contributed by atoms with Gasteiger partial charge in [0.1, 0.15) is 5.82 Å². The Balaban J connectivity index is 1.52. The molecule has 0 aliphatic carbocycles. The van der Waals surface area contributed by atoms with Crippen LogP contribution in [0.5, 0.6) is 0 Å². The molecule has 1 amide bonds. The number of rotatable bonds is 9. The summed E-state index contributed by atoms with van der Waals surface area (Å²) >= 11 is 6.24. The molecule has 5 rings (SSSR count). The predicted octanol–water partition coefficient (Wildman–Crippen LogP) is 8.04. The molecule has 0 atom stereocenters. The van der Waals surface area contributed by atoms with Gasteiger partial charge in [0.2, 0.25) is 0 Å². The number of likely N-dealkylation sites (tertiary alicyclic amines) is 1. The van der Waals surface area contributed by atoms with Crippen molar-refractivity contribution in [2.75, 3.05) is 19.6 Å². The number of para-hydroxylation sites is 2. The molecular weight excluding hydrogens is 561 g/mol. The third kappa shape index (κ3) is 6.81. The minimum atomic E-state index is -4.72. The van der Waals surface area contributed by atoms with Crippen molar-refractivity contribution in [1.29, 1.82) is 0 Å². The molecule has 9 heteroatoms. The van der Waals surface area contributed by atoms with Gasteiger partial charge in [-0.1, -0.05) is 74.3 Å². The number of benzene rings is 3. The maximum absolute atomic E-state index is 13.9. The average molecular weight is 597 g/mol. The number of piperidine rings is 1. The van der Waals surface area contributed by atoms with Crippen LogP contribution in [0, 0.1) is 5.92 Å². The Morgan fingerprint density at radius 2 is 1.60 bits per heavy atom. The summed E-state index contributed by atoms with van der Waals surface area (Å²) < 4.78 is 43.9. The van der Waals surface area contributed by atoms with Gasteiger partial charge in [0, 0.05) is 19.6 Å². The van der Waals surface area contributed by atoms with Crippen molar-refractivity contribution in [3.63, 3.8) is 0 Å². The predicted molar refractivity (Wildman–Crippen MR) is 160 cm³/mol. The lowest BCUT2D eigenvalue weighted by Gasteiger charge is -2.28. The summed E-state index contributed by atoms with van der Waals surface area (Å²) in [5.74, 6) is -0.141. The van der Waals surface area contributed by atoms with Gasteiger partial charge in [-0.05, 0) is 67.2 Å². The summed E-state index contributed by atoms with van der Waals surface area (Å²) in [7, 11) is 0. The van der Waals surface area contributed by atoms with E-state index in [1.54, 1.807) is 0 Å². The number of alkyl halides is 3. The summed E-state index contributed by atoms with van der Waals surface area (Å²) in [5, 5.41) is -0.219. The molecule has 0 unspecified atom stereocenters. The fourth-order valence-corrected chi connectivity index (χ4v) is 6.04. The Kier molecular flexibility index (Phi) is 9.23. The summed E-state index contributed by atoms with van der Waals surface area (Å²) in [6, 6.07) is 19.6. The van der Waals surface area contributed by atoms with E-state index in [0.29, 0.717) is 12.4 Å². The van der Waals surface area contributed by atoms with Crippen LogP contribution in [0.4, 0.5) is 13.2 Å². The number of imidazole rings is 1. The molecule has 5 nitrogen and oxygen atoms in total. The van der Waals surface area contributed by atoms with Gasteiger partial charge in [0.25, 0.3) is 5.91 Å². The Morgan fingerprint density at radius 3 is 2.29 bits per heavy atom. The largest absolute Gasteiger partial charge is 0.417 e. The lowest BCUT2D eigenvalue weighted by molar-refractivity contribution is -0.138. The Morgan fingerprint density at radius 1 is 0.929 bits per heavy atom. The summed E-state index contributed by atoms with van der Waals surface area (Å²) in [6.07, 6.45) is -1.03. The second-order valence-electron chi connectivity index (χ2n) is 11.4. The highest BCUT2D eigenvalue weighted by molar-refractivity contribution is 6.34. The monoisotopic (exact) mass is 596 g/mol. The van der Waals surface area contributed by atoms with E-state index in [0.717, 1.165) is 42.3 Å². The minimum absolute atomic E-state index is 0.00821. The normalized spacial score (nSPS) is 14.5. The van der Waals surface area contributed by atoms with E-state index in [1.165, 1.54) is 41.9 Å². The van der Waals surface area contributed by atoms with E-state index in [9.17, 15) is 18.0 Å². The molecule has 0 bridgehead atoms. The lowest BCUT2D eigenvalue weighted by Crippen LogP contribution is -2.36. The van der Waals surface area contributed by atoms with Gasteiger partial charge in [-0.2, -0.15) is 13.2 Å². The van der Waals surface area contributed by atoms with Crippen molar-refractivity contribution >= 4 is 28.5 Å². The molecule has 1 aliphatic heterocycles. The third-order valence-electron chi connectivity index (χ3n) is 7.76. The number of hydrogen-bond donors (Lipinski definition) is 0. The Labute approximate surface area is 249 Å². The van der Waals surface area contributed by atoms with Gasteiger partial charge < -0.3 is 9.47 Å². The number of hydrogen-bond acceptors (Lipinski definition) is 3. The van der Waals surface area contributed by atoms with Crippen molar-refractivity contribution in [2.24, 2.45) is 5.92 Å². The van der Waals surface area contributed by atoms with Crippen LogP contribution in [0.25, 0.3) is 11.0 Å². The van der Waals surface area contributed by atoms with Crippen LogP contribution in [-0.2, 0) is 25.8 Å². The zero-order chi connectivity index (χ0) is 29.9. The third-order valence-corrected chi connectivity index (χ3v) is 8.08. The van der Waals surface area contributed by atoms with Crippen molar-refractivity contribution in [3.05, 3.63) is 99.8 Å². The van der Waals surface area contributed by atoms with Crippen LogP contribution in [0.2, 0.25) is 5.02 Å². The SMILES string of the molecule is CC(C)CN(Cc1nc2ccccc2n1Cc1ccccc1CN1CCCCC1)C(=O)c1c(Cl)cccc1C(F)(F)F.